The lowest BCUT2D eigenvalue weighted by Crippen LogP contribution is -2.15. The SMILES string of the molecule is CCOC(=O)c1ccc(C(O)CC)c(C(O)CC)c1N. The van der Waals surface area contributed by atoms with E-state index in [9.17, 15) is 15.0 Å². The third-order valence-electron chi connectivity index (χ3n) is 3.28. The van der Waals surface area contributed by atoms with Gasteiger partial charge in [0.05, 0.1) is 30.1 Å². The molecule has 5 heteroatoms. The lowest BCUT2D eigenvalue weighted by atomic mass is 9.91. The number of benzene rings is 1. The van der Waals surface area contributed by atoms with E-state index >= 15 is 0 Å². The Hall–Kier alpha value is -1.59. The molecule has 0 radical (unpaired) electrons. The van der Waals surface area contributed by atoms with Crippen LogP contribution in [0.25, 0.3) is 0 Å². The summed E-state index contributed by atoms with van der Waals surface area (Å²) in [5, 5.41) is 20.2. The maximum absolute atomic E-state index is 11.8. The third kappa shape index (κ3) is 3.29. The first-order valence-electron chi connectivity index (χ1n) is 6.93. The fraction of sp³-hybridized carbons (Fsp3) is 0.533. The zero-order valence-corrected chi connectivity index (χ0v) is 12.2. The summed E-state index contributed by atoms with van der Waals surface area (Å²) in [6, 6.07) is 3.17. The van der Waals surface area contributed by atoms with E-state index in [1.54, 1.807) is 13.0 Å². The largest absolute Gasteiger partial charge is 0.462 e. The van der Waals surface area contributed by atoms with Crippen molar-refractivity contribution in [2.75, 3.05) is 12.3 Å². The third-order valence-corrected chi connectivity index (χ3v) is 3.28. The molecule has 0 spiro atoms. The van der Waals surface area contributed by atoms with Crippen LogP contribution < -0.4 is 5.73 Å². The highest BCUT2D eigenvalue weighted by Gasteiger charge is 2.23. The summed E-state index contributed by atoms with van der Waals surface area (Å²) in [6.07, 6.45) is -0.591. The van der Waals surface area contributed by atoms with Gasteiger partial charge in [-0.2, -0.15) is 0 Å². The number of rotatable bonds is 6. The first kappa shape index (κ1) is 16.5. The number of carbonyl (C=O) groups is 1. The van der Waals surface area contributed by atoms with E-state index < -0.39 is 18.2 Å². The highest BCUT2D eigenvalue weighted by Crippen LogP contribution is 2.34. The molecule has 5 nitrogen and oxygen atoms in total. The molecule has 4 N–H and O–H groups in total. The fourth-order valence-corrected chi connectivity index (χ4v) is 2.13. The second kappa shape index (κ2) is 7.26. The number of hydrogen-bond donors (Lipinski definition) is 3. The molecule has 0 aliphatic carbocycles. The first-order chi connectivity index (χ1) is 9.47. The maximum Gasteiger partial charge on any atom is 0.340 e. The minimum atomic E-state index is -0.819. The average molecular weight is 281 g/mol. The van der Waals surface area contributed by atoms with Gasteiger partial charge < -0.3 is 20.7 Å². The zero-order valence-electron chi connectivity index (χ0n) is 12.2. The lowest BCUT2D eigenvalue weighted by molar-refractivity contribution is 0.0527. The summed E-state index contributed by atoms with van der Waals surface area (Å²) >= 11 is 0. The van der Waals surface area contributed by atoms with Crippen LogP contribution in [0, 0.1) is 0 Å². The molecule has 1 rings (SSSR count). The summed E-state index contributed by atoms with van der Waals surface area (Å²) in [6.45, 7) is 5.61. The number of aliphatic hydroxyl groups is 2. The number of anilines is 1. The summed E-state index contributed by atoms with van der Waals surface area (Å²) in [5.41, 5.74) is 7.40. The molecule has 0 amide bonds. The molecule has 1 aromatic carbocycles. The van der Waals surface area contributed by atoms with Crippen LogP contribution in [0.5, 0.6) is 0 Å². The van der Waals surface area contributed by atoms with Crippen LogP contribution in [-0.2, 0) is 4.74 Å². The van der Waals surface area contributed by atoms with Crippen LogP contribution in [0.15, 0.2) is 12.1 Å². The zero-order chi connectivity index (χ0) is 15.3. The number of nitrogens with two attached hydrogens (primary N) is 1. The van der Waals surface area contributed by atoms with Gasteiger partial charge in [0.2, 0.25) is 0 Å². The van der Waals surface area contributed by atoms with Gasteiger partial charge in [-0.1, -0.05) is 19.9 Å². The summed E-state index contributed by atoms with van der Waals surface area (Å²) < 4.78 is 4.94. The molecule has 0 fully saturated rings. The average Bonchev–Trinajstić information content (AvgIpc) is 2.45. The number of carbonyl (C=O) groups excluding carboxylic acids is 1. The van der Waals surface area contributed by atoms with E-state index in [-0.39, 0.29) is 17.9 Å². The Kier molecular flexibility index (Phi) is 5.98. The van der Waals surface area contributed by atoms with Gasteiger partial charge in [0.25, 0.3) is 0 Å². The Morgan fingerprint density at radius 1 is 1.20 bits per heavy atom. The quantitative estimate of drug-likeness (QED) is 0.549. The van der Waals surface area contributed by atoms with Gasteiger partial charge in [-0.3, -0.25) is 0 Å². The summed E-state index contributed by atoms with van der Waals surface area (Å²) in [7, 11) is 0. The molecular formula is C15H23NO4. The molecule has 0 saturated carbocycles. The number of nitrogen functional groups attached to an aromatic ring is 1. The van der Waals surface area contributed by atoms with Crippen LogP contribution in [-0.4, -0.2) is 22.8 Å². The van der Waals surface area contributed by atoms with Crippen molar-refractivity contribution in [3.8, 4) is 0 Å². The van der Waals surface area contributed by atoms with E-state index in [1.165, 1.54) is 6.07 Å². The molecule has 0 saturated heterocycles. The van der Waals surface area contributed by atoms with Crippen LogP contribution in [0.3, 0.4) is 0 Å². The second-order valence-electron chi connectivity index (χ2n) is 4.60. The van der Waals surface area contributed by atoms with Crippen molar-refractivity contribution < 1.29 is 19.7 Å². The van der Waals surface area contributed by atoms with E-state index in [1.807, 2.05) is 13.8 Å². The molecule has 0 heterocycles. The van der Waals surface area contributed by atoms with Crippen molar-refractivity contribution in [1.29, 1.82) is 0 Å². The molecule has 2 atom stereocenters. The van der Waals surface area contributed by atoms with E-state index in [0.29, 0.717) is 24.0 Å². The van der Waals surface area contributed by atoms with Gasteiger partial charge in [0, 0.05) is 5.56 Å². The first-order valence-corrected chi connectivity index (χ1v) is 6.93. The van der Waals surface area contributed by atoms with Gasteiger partial charge in [-0.05, 0) is 31.4 Å². The molecule has 112 valence electrons. The van der Waals surface area contributed by atoms with E-state index in [0.717, 1.165) is 0 Å². The number of aliphatic hydroxyl groups excluding tert-OH is 2. The van der Waals surface area contributed by atoms with Crippen molar-refractivity contribution in [1.82, 2.24) is 0 Å². The maximum atomic E-state index is 11.8. The summed E-state index contributed by atoms with van der Waals surface area (Å²) in [5.74, 6) is -0.521. The van der Waals surface area contributed by atoms with Crippen molar-refractivity contribution in [3.05, 3.63) is 28.8 Å². The van der Waals surface area contributed by atoms with Crippen LogP contribution in [0.2, 0.25) is 0 Å². The number of esters is 1. The van der Waals surface area contributed by atoms with Crippen LogP contribution in [0.4, 0.5) is 5.69 Å². The van der Waals surface area contributed by atoms with Gasteiger partial charge in [0.1, 0.15) is 0 Å². The Morgan fingerprint density at radius 2 is 1.80 bits per heavy atom. The Morgan fingerprint density at radius 3 is 2.30 bits per heavy atom. The van der Waals surface area contributed by atoms with Crippen molar-refractivity contribution in [3.63, 3.8) is 0 Å². The number of hydrogen-bond acceptors (Lipinski definition) is 5. The predicted molar refractivity (Wildman–Crippen MR) is 77.3 cm³/mol. The smallest absolute Gasteiger partial charge is 0.340 e. The lowest BCUT2D eigenvalue weighted by Gasteiger charge is -2.21. The molecule has 1 aromatic rings. The molecule has 0 bridgehead atoms. The Labute approximate surface area is 119 Å². The predicted octanol–water partition coefficient (Wildman–Crippen LogP) is 2.33. The topological polar surface area (TPSA) is 92.8 Å². The van der Waals surface area contributed by atoms with E-state index in [2.05, 4.69) is 0 Å². The molecule has 20 heavy (non-hydrogen) atoms. The minimum Gasteiger partial charge on any atom is -0.462 e. The molecule has 0 aromatic heterocycles. The fourth-order valence-electron chi connectivity index (χ4n) is 2.13. The minimum absolute atomic E-state index is 0.183. The highest BCUT2D eigenvalue weighted by atomic mass is 16.5. The van der Waals surface area contributed by atoms with Gasteiger partial charge in [-0.15, -0.1) is 0 Å². The normalized spacial score (nSPS) is 13.8. The standard InChI is InChI=1S/C15H23NO4/c1-4-11(17)9-7-8-10(15(19)20-6-3)14(16)13(9)12(18)5-2/h7-8,11-12,17-18H,4-6,16H2,1-3H3. The summed E-state index contributed by atoms with van der Waals surface area (Å²) in [4.78, 5) is 11.8. The Balaban J connectivity index is 3.38. The molecule has 0 aliphatic rings. The monoisotopic (exact) mass is 281 g/mol. The van der Waals surface area contributed by atoms with Crippen molar-refractivity contribution in [2.24, 2.45) is 0 Å². The number of ether oxygens (including phenoxy) is 1. The molecular weight excluding hydrogens is 258 g/mol. The Bertz CT molecular complexity index is 473. The highest BCUT2D eigenvalue weighted by molar-refractivity contribution is 5.96. The van der Waals surface area contributed by atoms with Crippen LogP contribution in [0.1, 0.15) is 67.3 Å². The van der Waals surface area contributed by atoms with Gasteiger partial charge in [0.15, 0.2) is 0 Å². The van der Waals surface area contributed by atoms with Crippen molar-refractivity contribution in [2.45, 2.75) is 45.8 Å². The van der Waals surface area contributed by atoms with Gasteiger partial charge in [-0.25, -0.2) is 4.79 Å². The second-order valence-corrected chi connectivity index (χ2v) is 4.60. The molecule has 0 aliphatic heterocycles. The molecule has 2 unspecified atom stereocenters. The van der Waals surface area contributed by atoms with Gasteiger partial charge >= 0.3 is 5.97 Å². The van der Waals surface area contributed by atoms with E-state index in [4.69, 9.17) is 10.5 Å². The van der Waals surface area contributed by atoms with Crippen molar-refractivity contribution >= 4 is 11.7 Å². The van der Waals surface area contributed by atoms with Crippen LogP contribution >= 0.6 is 0 Å².